The maximum atomic E-state index is 4.47. The molecule has 3 nitrogen and oxygen atoms in total. The molecule has 2 aromatic rings. The highest BCUT2D eigenvalue weighted by atomic mass is 15.1. The molecule has 0 atom stereocenters. The minimum Gasteiger partial charge on any atom is -0.385 e. The molecule has 112 valence electrons. The Morgan fingerprint density at radius 2 is 1.86 bits per heavy atom. The molecule has 0 fully saturated rings. The number of pyridine rings is 1. The molecular formula is C18H25N3. The average Bonchev–Trinajstić information content (AvgIpc) is 2.53. The number of aromatic nitrogens is 1. The van der Waals surface area contributed by atoms with Gasteiger partial charge in [0.2, 0.25) is 0 Å². The van der Waals surface area contributed by atoms with Gasteiger partial charge in [-0.05, 0) is 42.7 Å². The Bertz CT molecular complexity index is 549. The molecule has 0 aliphatic heterocycles. The van der Waals surface area contributed by atoms with Gasteiger partial charge in [-0.25, -0.2) is 0 Å². The van der Waals surface area contributed by atoms with Crippen LogP contribution in [-0.2, 0) is 13.0 Å². The summed E-state index contributed by atoms with van der Waals surface area (Å²) in [5.74, 6) is 0. The number of anilines is 2. The SMILES string of the molecule is CCCNc1ccnc(CN(C)c2ccc(CC)cc2)c1. The van der Waals surface area contributed by atoms with Gasteiger partial charge in [-0.1, -0.05) is 26.0 Å². The summed E-state index contributed by atoms with van der Waals surface area (Å²) in [6.07, 6.45) is 4.08. The summed E-state index contributed by atoms with van der Waals surface area (Å²) >= 11 is 0. The molecule has 0 radical (unpaired) electrons. The van der Waals surface area contributed by atoms with Crippen molar-refractivity contribution in [3.8, 4) is 0 Å². The van der Waals surface area contributed by atoms with Gasteiger partial charge in [-0.2, -0.15) is 0 Å². The predicted octanol–water partition coefficient (Wildman–Crippen LogP) is 4.10. The predicted molar refractivity (Wildman–Crippen MR) is 90.9 cm³/mol. The summed E-state index contributed by atoms with van der Waals surface area (Å²) in [6, 6.07) is 12.9. The first-order valence-electron chi connectivity index (χ1n) is 7.71. The average molecular weight is 283 g/mol. The summed E-state index contributed by atoms with van der Waals surface area (Å²) < 4.78 is 0. The molecule has 1 N–H and O–H groups in total. The Morgan fingerprint density at radius 3 is 2.52 bits per heavy atom. The van der Waals surface area contributed by atoms with Crippen LogP contribution in [0.15, 0.2) is 42.6 Å². The van der Waals surface area contributed by atoms with Crippen molar-refractivity contribution in [2.75, 3.05) is 23.8 Å². The van der Waals surface area contributed by atoms with Crippen molar-refractivity contribution in [1.82, 2.24) is 4.98 Å². The molecule has 21 heavy (non-hydrogen) atoms. The summed E-state index contributed by atoms with van der Waals surface area (Å²) in [7, 11) is 2.11. The largest absolute Gasteiger partial charge is 0.385 e. The lowest BCUT2D eigenvalue weighted by Gasteiger charge is -2.19. The molecule has 0 saturated heterocycles. The van der Waals surface area contributed by atoms with Crippen LogP contribution >= 0.6 is 0 Å². The van der Waals surface area contributed by atoms with Crippen LogP contribution in [-0.4, -0.2) is 18.6 Å². The highest BCUT2D eigenvalue weighted by molar-refractivity contribution is 5.48. The van der Waals surface area contributed by atoms with E-state index in [2.05, 4.69) is 66.4 Å². The lowest BCUT2D eigenvalue weighted by atomic mass is 10.1. The fourth-order valence-corrected chi connectivity index (χ4v) is 2.26. The Morgan fingerprint density at radius 1 is 1.10 bits per heavy atom. The summed E-state index contributed by atoms with van der Waals surface area (Å²) in [5.41, 5.74) is 4.83. The second-order valence-electron chi connectivity index (χ2n) is 5.34. The fraction of sp³-hybridized carbons (Fsp3) is 0.389. The van der Waals surface area contributed by atoms with E-state index < -0.39 is 0 Å². The molecule has 2 rings (SSSR count). The van der Waals surface area contributed by atoms with E-state index in [4.69, 9.17) is 0 Å². The molecule has 0 unspecified atom stereocenters. The van der Waals surface area contributed by atoms with Crippen LogP contribution < -0.4 is 10.2 Å². The van der Waals surface area contributed by atoms with E-state index in [-0.39, 0.29) is 0 Å². The van der Waals surface area contributed by atoms with E-state index in [1.807, 2.05) is 12.3 Å². The van der Waals surface area contributed by atoms with E-state index in [1.54, 1.807) is 0 Å². The third-order valence-corrected chi connectivity index (χ3v) is 3.58. The lowest BCUT2D eigenvalue weighted by molar-refractivity contribution is 0.883. The second-order valence-corrected chi connectivity index (χ2v) is 5.34. The maximum Gasteiger partial charge on any atom is 0.0617 e. The van der Waals surface area contributed by atoms with Crippen molar-refractivity contribution in [1.29, 1.82) is 0 Å². The number of hydrogen-bond acceptors (Lipinski definition) is 3. The van der Waals surface area contributed by atoms with Gasteiger partial charge in [-0.3, -0.25) is 4.98 Å². The quantitative estimate of drug-likeness (QED) is 0.829. The topological polar surface area (TPSA) is 28.2 Å². The molecule has 1 aromatic carbocycles. The molecule has 1 heterocycles. The minimum atomic E-state index is 0.813. The highest BCUT2D eigenvalue weighted by Crippen LogP contribution is 2.17. The molecule has 3 heteroatoms. The molecule has 0 spiro atoms. The van der Waals surface area contributed by atoms with Gasteiger partial charge in [0.05, 0.1) is 12.2 Å². The third-order valence-electron chi connectivity index (χ3n) is 3.58. The number of nitrogens with zero attached hydrogens (tertiary/aromatic N) is 2. The highest BCUT2D eigenvalue weighted by Gasteiger charge is 2.04. The smallest absolute Gasteiger partial charge is 0.0617 e. The van der Waals surface area contributed by atoms with Gasteiger partial charge >= 0.3 is 0 Å². The Kier molecular flexibility index (Phi) is 5.61. The maximum absolute atomic E-state index is 4.47. The first-order chi connectivity index (χ1) is 10.2. The van der Waals surface area contributed by atoms with Crippen molar-refractivity contribution in [3.05, 3.63) is 53.9 Å². The standard InChI is InChI=1S/C18H25N3/c1-4-11-19-16-10-12-20-17(13-16)14-21(3)18-8-6-15(5-2)7-9-18/h6-10,12-13H,4-5,11,14H2,1-3H3,(H,19,20). The van der Waals surface area contributed by atoms with Crippen LogP contribution in [0.1, 0.15) is 31.5 Å². The number of aryl methyl sites for hydroxylation is 1. The van der Waals surface area contributed by atoms with Gasteiger partial charge in [-0.15, -0.1) is 0 Å². The summed E-state index contributed by atoms with van der Waals surface area (Å²) in [5, 5.41) is 3.40. The Hall–Kier alpha value is -2.03. The van der Waals surface area contributed by atoms with E-state index in [9.17, 15) is 0 Å². The van der Waals surface area contributed by atoms with Crippen LogP contribution in [0.3, 0.4) is 0 Å². The van der Waals surface area contributed by atoms with Gasteiger partial charge in [0.1, 0.15) is 0 Å². The minimum absolute atomic E-state index is 0.813. The normalized spacial score (nSPS) is 10.4. The van der Waals surface area contributed by atoms with Crippen LogP contribution in [0.2, 0.25) is 0 Å². The number of hydrogen-bond donors (Lipinski definition) is 1. The van der Waals surface area contributed by atoms with Crippen molar-refractivity contribution >= 4 is 11.4 Å². The van der Waals surface area contributed by atoms with Crippen LogP contribution in [0.5, 0.6) is 0 Å². The number of nitrogens with one attached hydrogen (secondary N) is 1. The van der Waals surface area contributed by atoms with Crippen LogP contribution in [0, 0.1) is 0 Å². The van der Waals surface area contributed by atoms with Gasteiger partial charge < -0.3 is 10.2 Å². The zero-order chi connectivity index (χ0) is 15.1. The van der Waals surface area contributed by atoms with Gasteiger partial charge in [0.15, 0.2) is 0 Å². The van der Waals surface area contributed by atoms with Crippen molar-refractivity contribution in [2.24, 2.45) is 0 Å². The van der Waals surface area contributed by atoms with E-state index in [0.717, 1.165) is 37.3 Å². The zero-order valence-electron chi connectivity index (χ0n) is 13.3. The molecular weight excluding hydrogens is 258 g/mol. The number of benzene rings is 1. The molecule has 0 aliphatic rings. The monoisotopic (exact) mass is 283 g/mol. The first kappa shape index (κ1) is 15.4. The van der Waals surface area contributed by atoms with Gasteiger partial charge in [0, 0.05) is 31.2 Å². The molecule has 1 aromatic heterocycles. The van der Waals surface area contributed by atoms with E-state index in [0.29, 0.717) is 0 Å². The summed E-state index contributed by atoms with van der Waals surface area (Å²) in [6.45, 7) is 6.16. The lowest BCUT2D eigenvalue weighted by Crippen LogP contribution is -2.17. The number of rotatable bonds is 7. The van der Waals surface area contributed by atoms with Crippen molar-refractivity contribution < 1.29 is 0 Å². The molecule has 0 saturated carbocycles. The third kappa shape index (κ3) is 4.48. The first-order valence-corrected chi connectivity index (χ1v) is 7.71. The summed E-state index contributed by atoms with van der Waals surface area (Å²) in [4.78, 5) is 6.69. The Balaban J connectivity index is 2.02. The van der Waals surface area contributed by atoms with E-state index in [1.165, 1.54) is 11.3 Å². The zero-order valence-corrected chi connectivity index (χ0v) is 13.3. The van der Waals surface area contributed by atoms with Crippen molar-refractivity contribution in [3.63, 3.8) is 0 Å². The Labute approximate surface area is 128 Å². The molecule has 0 amide bonds. The molecule has 0 bridgehead atoms. The van der Waals surface area contributed by atoms with Gasteiger partial charge in [0.25, 0.3) is 0 Å². The van der Waals surface area contributed by atoms with Crippen LogP contribution in [0.4, 0.5) is 11.4 Å². The molecule has 0 aliphatic carbocycles. The fourth-order valence-electron chi connectivity index (χ4n) is 2.26. The van der Waals surface area contributed by atoms with E-state index >= 15 is 0 Å². The van der Waals surface area contributed by atoms with Crippen molar-refractivity contribution in [2.45, 2.75) is 33.2 Å². The second kappa shape index (κ2) is 7.67. The van der Waals surface area contributed by atoms with Crippen LogP contribution in [0.25, 0.3) is 0 Å².